The van der Waals surface area contributed by atoms with E-state index in [4.69, 9.17) is 14.6 Å². The van der Waals surface area contributed by atoms with Gasteiger partial charge in [0.15, 0.2) is 6.29 Å². The van der Waals surface area contributed by atoms with Crippen molar-refractivity contribution >= 4 is 0 Å². The number of benzene rings is 1. The molecule has 0 amide bonds. The van der Waals surface area contributed by atoms with Crippen LogP contribution >= 0.6 is 0 Å². The maximum Gasteiger partial charge on any atom is 0.186 e. The molecule has 0 saturated carbocycles. The lowest BCUT2D eigenvalue weighted by atomic mass is 9.98. The van der Waals surface area contributed by atoms with Gasteiger partial charge in [-0.3, -0.25) is 0 Å². The summed E-state index contributed by atoms with van der Waals surface area (Å²) < 4.78 is 10.9. The molecule has 1 fully saturated rings. The van der Waals surface area contributed by atoms with Crippen molar-refractivity contribution in [1.82, 2.24) is 0 Å². The van der Waals surface area contributed by atoms with Crippen molar-refractivity contribution in [2.75, 3.05) is 19.8 Å². The summed E-state index contributed by atoms with van der Waals surface area (Å²) in [5.41, 5.74) is 4.95. The van der Waals surface area contributed by atoms with E-state index in [1.807, 2.05) is 30.3 Å². The summed E-state index contributed by atoms with van der Waals surface area (Å²) >= 11 is 0. The summed E-state index contributed by atoms with van der Waals surface area (Å²) in [7, 11) is 0. The molecule has 1 aliphatic rings. The largest absolute Gasteiger partial charge is 0.394 e. The third-order valence-electron chi connectivity index (χ3n) is 3.93. The van der Waals surface area contributed by atoms with Gasteiger partial charge in [-0.2, -0.15) is 0 Å². The summed E-state index contributed by atoms with van der Waals surface area (Å²) in [6, 6.07) is 9.69. The van der Waals surface area contributed by atoms with E-state index in [1.165, 1.54) is 0 Å². The van der Waals surface area contributed by atoms with E-state index in [1.54, 1.807) is 0 Å². The molecule has 0 aliphatic carbocycles. The van der Waals surface area contributed by atoms with Crippen LogP contribution in [0.2, 0.25) is 0 Å². The Kier molecular flexibility index (Phi) is 6.27. The van der Waals surface area contributed by atoms with Gasteiger partial charge in [-0.1, -0.05) is 30.3 Å². The normalized spacial score (nSPS) is 33.6. The van der Waals surface area contributed by atoms with Crippen LogP contribution in [0, 0.1) is 0 Å². The number of ether oxygens (including phenoxy) is 2. The van der Waals surface area contributed by atoms with Gasteiger partial charge in [0.25, 0.3) is 0 Å². The summed E-state index contributed by atoms with van der Waals surface area (Å²) in [6.07, 6.45) is -6.24. The van der Waals surface area contributed by atoms with Crippen molar-refractivity contribution in [1.29, 1.82) is 0 Å². The van der Waals surface area contributed by atoms with Crippen LogP contribution in [0.25, 0.3) is 0 Å². The maximum absolute atomic E-state index is 9.92. The molecule has 7 heteroatoms. The Balaban J connectivity index is 1.97. The molecule has 1 unspecified atom stereocenters. The van der Waals surface area contributed by atoms with E-state index < -0.39 is 37.3 Å². The number of hydrogen-bond donors (Lipinski definition) is 5. The average Bonchev–Trinajstić information content (AvgIpc) is 2.56. The predicted octanol–water partition coefficient (Wildman–Crippen LogP) is -2.17. The SMILES string of the molecule is [NH3+]CC(CO[C@@H]1O[C@H](CO)[C@@H](O)[C@H](O)[C@H]1O)c1ccccc1. The first-order valence-corrected chi connectivity index (χ1v) is 7.34. The fraction of sp³-hybridized carbons (Fsp3) is 0.600. The molecule has 0 bridgehead atoms. The van der Waals surface area contributed by atoms with Crippen LogP contribution in [0.5, 0.6) is 0 Å². The van der Waals surface area contributed by atoms with Gasteiger partial charge in [0.05, 0.1) is 25.7 Å². The highest BCUT2D eigenvalue weighted by Crippen LogP contribution is 2.23. The van der Waals surface area contributed by atoms with Crippen LogP contribution in [0.4, 0.5) is 0 Å². The molecule has 6 atom stereocenters. The fourth-order valence-corrected chi connectivity index (χ4v) is 2.49. The van der Waals surface area contributed by atoms with E-state index in [0.717, 1.165) is 5.56 Å². The van der Waals surface area contributed by atoms with E-state index in [-0.39, 0.29) is 12.5 Å². The lowest BCUT2D eigenvalue weighted by Gasteiger charge is -2.39. The molecule has 0 radical (unpaired) electrons. The van der Waals surface area contributed by atoms with E-state index in [0.29, 0.717) is 6.54 Å². The summed E-state index contributed by atoms with van der Waals surface area (Å²) in [6.45, 7) is 0.375. The van der Waals surface area contributed by atoms with E-state index >= 15 is 0 Å². The fourth-order valence-electron chi connectivity index (χ4n) is 2.49. The minimum atomic E-state index is -1.43. The predicted molar refractivity (Wildman–Crippen MR) is 76.7 cm³/mol. The molecule has 1 aromatic rings. The van der Waals surface area contributed by atoms with Gasteiger partial charge in [-0.25, -0.2) is 0 Å². The van der Waals surface area contributed by atoms with Gasteiger partial charge in [0, 0.05) is 0 Å². The highest BCUT2D eigenvalue weighted by Gasteiger charge is 2.44. The molecule has 2 rings (SSSR count). The van der Waals surface area contributed by atoms with Crippen LogP contribution in [0.3, 0.4) is 0 Å². The molecule has 1 saturated heterocycles. The van der Waals surface area contributed by atoms with Crippen molar-refractivity contribution in [3.05, 3.63) is 35.9 Å². The van der Waals surface area contributed by atoms with Crippen molar-refractivity contribution in [3.63, 3.8) is 0 Å². The molecule has 1 aliphatic heterocycles. The molecule has 1 heterocycles. The van der Waals surface area contributed by atoms with Crippen molar-refractivity contribution < 1.29 is 35.6 Å². The summed E-state index contributed by atoms with van der Waals surface area (Å²) in [4.78, 5) is 0. The molecule has 7 nitrogen and oxygen atoms in total. The van der Waals surface area contributed by atoms with Crippen LogP contribution < -0.4 is 5.73 Å². The van der Waals surface area contributed by atoms with E-state index in [9.17, 15) is 15.3 Å². The lowest BCUT2D eigenvalue weighted by molar-refractivity contribution is -0.376. The van der Waals surface area contributed by atoms with Crippen LogP contribution in [0.1, 0.15) is 11.5 Å². The Morgan fingerprint density at radius 3 is 2.36 bits per heavy atom. The highest BCUT2D eigenvalue weighted by molar-refractivity contribution is 5.19. The zero-order chi connectivity index (χ0) is 16.1. The van der Waals surface area contributed by atoms with Gasteiger partial charge in [0.2, 0.25) is 0 Å². The second kappa shape index (κ2) is 7.98. The number of hydrogen-bond acceptors (Lipinski definition) is 6. The summed E-state index contributed by atoms with van der Waals surface area (Å²) in [5, 5.41) is 38.5. The van der Waals surface area contributed by atoms with Crippen molar-refractivity contribution in [2.24, 2.45) is 0 Å². The first kappa shape index (κ1) is 17.3. The third kappa shape index (κ3) is 3.82. The molecular formula is C15H24NO6+. The van der Waals surface area contributed by atoms with Gasteiger partial charge < -0.3 is 35.6 Å². The van der Waals surface area contributed by atoms with Gasteiger partial charge >= 0.3 is 0 Å². The molecule has 7 N–H and O–H groups in total. The van der Waals surface area contributed by atoms with Gasteiger partial charge in [-0.05, 0) is 5.56 Å². The Morgan fingerprint density at radius 2 is 1.77 bits per heavy atom. The monoisotopic (exact) mass is 314 g/mol. The van der Waals surface area contributed by atoms with E-state index in [2.05, 4.69) is 5.73 Å². The number of aliphatic hydroxyl groups is 4. The highest BCUT2D eigenvalue weighted by atomic mass is 16.7. The van der Waals surface area contributed by atoms with Gasteiger partial charge in [-0.15, -0.1) is 0 Å². The number of aliphatic hydroxyl groups excluding tert-OH is 4. The Bertz CT molecular complexity index is 443. The number of rotatable bonds is 6. The molecular weight excluding hydrogens is 290 g/mol. The van der Waals surface area contributed by atoms with Crippen LogP contribution in [-0.2, 0) is 9.47 Å². The smallest absolute Gasteiger partial charge is 0.186 e. The molecule has 1 aromatic carbocycles. The van der Waals surface area contributed by atoms with Crippen molar-refractivity contribution in [3.8, 4) is 0 Å². The Hall–Kier alpha value is -1.06. The molecule has 22 heavy (non-hydrogen) atoms. The Morgan fingerprint density at radius 1 is 1.09 bits per heavy atom. The average molecular weight is 314 g/mol. The quantitative estimate of drug-likeness (QED) is 0.407. The van der Waals surface area contributed by atoms with Crippen LogP contribution in [-0.4, -0.2) is 70.9 Å². The standard InChI is InChI=1S/C15H23NO6/c16-6-10(9-4-2-1-3-5-9)8-21-15-14(20)13(19)12(18)11(7-17)22-15/h1-5,10-15,17-20H,6-8,16H2/p+1/t10?,11-,12-,13+,14-,15-/m1/s1. The lowest BCUT2D eigenvalue weighted by Crippen LogP contribution is -2.59. The zero-order valence-electron chi connectivity index (χ0n) is 12.3. The molecule has 0 aromatic heterocycles. The summed E-state index contributed by atoms with van der Waals surface area (Å²) in [5.74, 6) is 0.0218. The van der Waals surface area contributed by atoms with Gasteiger partial charge in [0.1, 0.15) is 24.4 Å². The van der Waals surface area contributed by atoms with Crippen molar-refractivity contribution in [2.45, 2.75) is 36.6 Å². The maximum atomic E-state index is 9.92. The zero-order valence-corrected chi connectivity index (χ0v) is 12.3. The first-order valence-electron chi connectivity index (χ1n) is 7.34. The Labute approximate surface area is 128 Å². The second-order valence-electron chi connectivity index (χ2n) is 5.43. The molecule has 0 spiro atoms. The first-order chi connectivity index (χ1) is 10.6. The second-order valence-corrected chi connectivity index (χ2v) is 5.43. The minimum absolute atomic E-state index is 0.0218. The minimum Gasteiger partial charge on any atom is -0.394 e. The third-order valence-corrected chi connectivity index (χ3v) is 3.93. The molecule has 124 valence electrons. The van der Waals surface area contributed by atoms with Crippen LogP contribution in [0.15, 0.2) is 30.3 Å². The number of quaternary nitrogens is 1. The topological polar surface area (TPSA) is 127 Å².